The van der Waals surface area contributed by atoms with Gasteiger partial charge < -0.3 is 10.4 Å². The second-order valence-electron chi connectivity index (χ2n) is 2.88. The molecule has 0 bridgehead atoms. The molecule has 2 N–H and O–H groups in total. The van der Waals surface area contributed by atoms with Gasteiger partial charge >= 0.3 is 6.09 Å². The Balaban J connectivity index is 2.35. The van der Waals surface area contributed by atoms with E-state index in [1.165, 1.54) is 0 Å². The number of amides is 1. The Morgan fingerprint density at radius 2 is 2.38 bits per heavy atom. The molecule has 2 aliphatic rings. The fraction of sp³-hybridized carbons (Fsp3) is 0.111. The van der Waals surface area contributed by atoms with Crippen molar-refractivity contribution in [3.8, 4) is 0 Å². The maximum Gasteiger partial charge on any atom is 0.405 e. The van der Waals surface area contributed by atoms with Gasteiger partial charge in [-0.2, -0.15) is 0 Å². The molecule has 1 atom stereocenters. The van der Waals surface area contributed by atoms with Crippen molar-refractivity contribution in [3.63, 3.8) is 0 Å². The Morgan fingerprint density at radius 3 is 3.15 bits per heavy atom. The molecule has 1 heterocycles. The zero-order chi connectivity index (χ0) is 9.31. The summed E-state index contributed by atoms with van der Waals surface area (Å²) >= 11 is 0. The van der Waals surface area contributed by atoms with Gasteiger partial charge in [0.25, 0.3) is 0 Å². The van der Waals surface area contributed by atoms with Crippen LogP contribution in [0.3, 0.4) is 0 Å². The second kappa shape index (κ2) is 2.58. The van der Waals surface area contributed by atoms with Gasteiger partial charge in [-0.25, -0.2) is 4.79 Å². The second-order valence-corrected chi connectivity index (χ2v) is 2.88. The number of rotatable bonds is 1. The lowest BCUT2D eigenvalue weighted by Gasteiger charge is -2.25. The molecule has 0 radical (unpaired) electrons. The molecule has 0 fully saturated rings. The van der Waals surface area contributed by atoms with E-state index in [1.54, 1.807) is 24.6 Å². The Morgan fingerprint density at radius 1 is 1.54 bits per heavy atom. The first-order chi connectivity index (χ1) is 6.23. The van der Waals surface area contributed by atoms with Gasteiger partial charge in [0, 0.05) is 18.0 Å². The van der Waals surface area contributed by atoms with E-state index in [4.69, 9.17) is 5.11 Å². The minimum absolute atomic E-state index is 0.736. The number of allylic oxidation sites excluding steroid dienone is 2. The summed E-state index contributed by atoms with van der Waals surface area (Å²) in [6, 6.07) is 0. The highest BCUT2D eigenvalue weighted by Crippen LogP contribution is 2.26. The van der Waals surface area contributed by atoms with Crippen LogP contribution >= 0.6 is 0 Å². The molecule has 4 heteroatoms. The fourth-order valence-electron chi connectivity index (χ4n) is 1.43. The van der Waals surface area contributed by atoms with Crippen LogP contribution in [0.2, 0.25) is 0 Å². The van der Waals surface area contributed by atoms with Crippen molar-refractivity contribution < 1.29 is 9.90 Å². The van der Waals surface area contributed by atoms with Gasteiger partial charge in [0.15, 0.2) is 0 Å². The van der Waals surface area contributed by atoms with Gasteiger partial charge in [-0.1, -0.05) is 18.2 Å². The number of hydrogen-bond acceptors (Lipinski definition) is 2. The summed E-state index contributed by atoms with van der Waals surface area (Å²) in [5.41, 5.74) is 0.109. The number of carboxylic acid groups (broad SMARTS) is 1. The van der Waals surface area contributed by atoms with Crippen LogP contribution in [-0.2, 0) is 0 Å². The number of fused-ring (bicyclic) bond motifs is 1. The smallest absolute Gasteiger partial charge is 0.405 e. The number of hydrogen-bond donors (Lipinski definition) is 2. The predicted molar refractivity (Wildman–Crippen MR) is 48.7 cm³/mol. The average Bonchev–Trinajstić information content (AvgIpc) is 2.45. The molecule has 0 saturated carbocycles. The summed E-state index contributed by atoms with van der Waals surface area (Å²) in [5, 5.41) is 11.1. The van der Waals surface area contributed by atoms with Crippen LogP contribution in [-0.4, -0.2) is 23.0 Å². The lowest BCUT2D eigenvalue weighted by atomic mass is 9.89. The SMILES string of the molecule is O=C(O)NC12C=CC=CC1=CN=C2. The monoisotopic (exact) mass is 176 g/mol. The summed E-state index contributed by atoms with van der Waals surface area (Å²) in [6.07, 6.45) is 9.42. The van der Waals surface area contributed by atoms with Crippen LogP contribution in [0, 0.1) is 0 Å². The molecule has 1 amide bonds. The van der Waals surface area contributed by atoms with Crippen molar-refractivity contribution in [2.75, 3.05) is 0 Å². The number of nitrogens with one attached hydrogen (secondary N) is 1. The van der Waals surface area contributed by atoms with Crippen LogP contribution in [0.1, 0.15) is 0 Å². The van der Waals surface area contributed by atoms with E-state index < -0.39 is 11.6 Å². The number of aliphatic imine (C=N–C) groups is 1. The molecule has 0 spiro atoms. The van der Waals surface area contributed by atoms with Gasteiger partial charge in [-0.05, 0) is 6.08 Å². The zero-order valence-corrected chi connectivity index (χ0v) is 6.77. The molecule has 66 valence electrons. The van der Waals surface area contributed by atoms with Gasteiger partial charge in [0.1, 0.15) is 5.54 Å². The first-order valence-corrected chi connectivity index (χ1v) is 3.85. The van der Waals surface area contributed by atoms with E-state index in [0.717, 1.165) is 5.57 Å². The Kier molecular flexibility index (Phi) is 1.55. The molecule has 1 aliphatic carbocycles. The molecule has 4 nitrogen and oxygen atoms in total. The highest BCUT2D eigenvalue weighted by molar-refractivity contribution is 5.89. The summed E-state index contributed by atoms with van der Waals surface area (Å²) in [4.78, 5) is 14.5. The lowest BCUT2D eigenvalue weighted by Crippen LogP contribution is -2.48. The molecule has 2 rings (SSSR count). The highest BCUT2D eigenvalue weighted by atomic mass is 16.4. The molecule has 0 saturated heterocycles. The average molecular weight is 176 g/mol. The minimum atomic E-state index is -1.06. The van der Waals surface area contributed by atoms with Crippen molar-refractivity contribution in [1.29, 1.82) is 0 Å². The fourth-order valence-corrected chi connectivity index (χ4v) is 1.43. The zero-order valence-electron chi connectivity index (χ0n) is 6.77. The van der Waals surface area contributed by atoms with Crippen molar-refractivity contribution in [1.82, 2.24) is 5.32 Å². The molecule has 1 unspecified atom stereocenters. The van der Waals surface area contributed by atoms with Gasteiger partial charge in [-0.3, -0.25) is 4.99 Å². The Labute approximate surface area is 75.0 Å². The van der Waals surface area contributed by atoms with Crippen LogP contribution in [0.15, 0.2) is 41.1 Å². The third-order valence-electron chi connectivity index (χ3n) is 2.03. The summed E-state index contributed by atoms with van der Waals surface area (Å²) in [5.74, 6) is 0. The van der Waals surface area contributed by atoms with E-state index in [1.807, 2.05) is 12.2 Å². The maximum absolute atomic E-state index is 10.5. The van der Waals surface area contributed by atoms with Gasteiger partial charge in [0.05, 0.1) is 0 Å². The summed E-state index contributed by atoms with van der Waals surface area (Å²) < 4.78 is 0. The van der Waals surface area contributed by atoms with Crippen LogP contribution in [0.5, 0.6) is 0 Å². The van der Waals surface area contributed by atoms with E-state index in [9.17, 15) is 4.79 Å². The van der Waals surface area contributed by atoms with E-state index >= 15 is 0 Å². The number of nitrogens with zero attached hydrogens (tertiary/aromatic N) is 1. The Hall–Kier alpha value is -1.84. The highest BCUT2D eigenvalue weighted by Gasteiger charge is 2.34. The quantitative estimate of drug-likeness (QED) is 0.628. The third kappa shape index (κ3) is 1.16. The summed E-state index contributed by atoms with van der Waals surface area (Å²) in [7, 11) is 0. The largest absolute Gasteiger partial charge is 0.465 e. The standard InChI is InChI=1S/C9H8N2O2/c12-8(13)11-9-4-2-1-3-7(9)5-10-6-9/h1-6,11H,(H,12,13). The van der Waals surface area contributed by atoms with Crippen LogP contribution in [0.25, 0.3) is 0 Å². The molecular weight excluding hydrogens is 168 g/mol. The van der Waals surface area contributed by atoms with E-state index in [2.05, 4.69) is 10.3 Å². The molecule has 0 aromatic carbocycles. The lowest BCUT2D eigenvalue weighted by molar-refractivity contribution is 0.191. The van der Waals surface area contributed by atoms with Crippen molar-refractivity contribution in [2.24, 2.45) is 4.99 Å². The first-order valence-electron chi connectivity index (χ1n) is 3.85. The topological polar surface area (TPSA) is 61.7 Å². The van der Waals surface area contributed by atoms with Crippen molar-refractivity contribution >= 4 is 12.3 Å². The van der Waals surface area contributed by atoms with Gasteiger partial charge in [0.2, 0.25) is 0 Å². The molecular formula is C9H8N2O2. The maximum atomic E-state index is 10.5. The summed E-state index contributed by atoms with van der Waals surface area (Å²) in [6.45, 7) is 0. The van der Waals surface area contributed by atoms with Crippen molar-refractivity contribution in [2.45, 2.75) is 5.54 Å². The minimum Gasteiger partial charge on any atom is -0.465 e. The first kappa shape index (κ1) is 7.79. The van der Waals surface area contributed by atoms with Crippen LogP contribution < -0.4 is 5.32 Å². The molecule has 13 heavy (non-hydrogen) atoms. The predicted octanol–water partition coefficient (Wildman–Crippen LogP) is 1.09. The van der Waals surface area contributed by atoms with E-state index in [-0.39, 0.29) is 0 Å². The van der Waals surface area contributed by atoms with E-state index in [0.29, 0.717) is 0 Å². The molecule has 0 aromatic rings. The number of carbonyl (C=O) groups is 1. The third-order valence-corrected chi connectivity index (χ3v) is 2.03. The van der Waals surface area contributed by atoms with Crippen molar-refractivity contribution in [3.05, 3.63) is 36.1 Å². The Bertz CT molecular complexity index is 366. The molecule has 1 aliphatic heterocycles. The van der Waals surface area contributed by atoms with Gasteiger partial charge in [-0.15, -0.1) is 0 Å². The normalized spacial score (nSPS) is 28.5. The van der Waals surface area contributed by atoms with Crippen LogP contribution in [0.4, 0.5) is 4.79 Å². The molecule has 0 aromatic heterocycles.